The third-order valence-corrected chi connectivity index (χ3v) is 1.97. The molecule has 1 N–H and O–H groups in total. The van der Waals surface area contributed by atoms with E-state index in [1.165, 1.54) is 0 Å². The predicted molar refractivity (Wildman–Crippen MR) is 61.3 cm³/mol. The van der Waals surface area contributed by atoms with Gasteiger partial charge in [-0.3, -0.25) is 0 Å². The van der Waals surface area contributed by atoms with Crippen molar-refractivity contribution in [1.29, 1.82) is 0 Å². The summed E-state index contributed by atoms with van der Waals surface area (Å²) >= 11 is 0. The van der Waals surface area contributed by atoms with E-state index in [1.54, 1.807) is 7.11 Å². The molecule has 0 aliphatic rings. The smallest absolute Gasteiger partial charge is 0.0704 e. The molecule has 4 nitrogen and oxygen atoms in total. The van der Waals surface area contributed by atoms with Gasteiger partial charge in [0.05, 0.1) is 19.3 Å². The van der Waals surface area contributed by atoms with Gasteiger partial charge >= 0.3 is 0 Å². The van der Waals surface area contributed by atoms with E-state index in [4.69, 9.17) is 14.2 Å². The average molecular weight is 219 g/mol. The van der Waals surface area contributed by atoms with E-state index in [1.807, 2.05) is 6.92 Å². The van der Waals surface area contributed by atoms with Crippen LogP contribution in [0.2, 0.25) is 0 Å². The third kappa shape index (κ3) is 11.8. The Morgan fingerprint density at radius 3 is 2.67 bits per heavy atom. The second-order valence-electron chi connectivity index (χ2n) is 3.43. The monoisotopic (exact) mass is 219 g/mol. The lowest BCUT2D eigenvalue weighted by Gasteiger charge is -2.13. The Hall–Kier alpha value is -0.160. The number of rotatable bonds is 11. The molecule has 0 rings (SSSR count). The molecule has 0 aromatic rings. The van der Waals surface area contributed by atoms with Gasteiger partial charge in [-0.1, -0.05) is 0 Å². The van der Waals surface area contributed by atoms with E-state index in [0.717, 1.165) is 32.7 Å². The fourth-order valence-electron chi connectivity index (χ4n) is 1.16. The first-order chi connectivity index (χ1) is 7.31. The van der Waals surface area contributed by atoms with Crippen LogP contribution < -0.4 is 5.32 Å². The first-order valence-corrected chi connectivity index (χ1v) is 5.70. The summed E-state index contributed by atoms with van der Waals surface area (Å²) in [4.78, 5) is 0. The highest BCUT2D eigenvalue weighted by molar-refractivity contribution is 4.55. The summed E-state index contributed by atoms with van der Waals surface area (Å²) in [7, 11) is 1.72. The van der Waals surface area contributed by atoms with E-state index in [9.17, 15) is 0 Å². The van der Waals surface area contributed by atoms with Crippen molar-refractivity contribution >= 4 is 0 Å². The summed E-state index contributed by atoms with van der Waals surface area (Å²) < 4.78 is 15.7. The summed E-state index contributed by atoms with van der Waals surface area (Å²) in [5.74, 6) is 0. The quantitative estimate of drug-likeness (QED) is 0.527. The Bertz CT molecular complexity index is 122. The van der Waals surface area contributed by atoms with Crippen LogP contribution in [-0.2, 0) is 14.2 Å². The highest BCUT2D eigenvalue weighted by atomic mass is 16.5. The third-order valence-electron chi connectivity index (χ3n) is 1.97. The second-order valence-corrected chi connectivity index (χ2v) is 3.43. The molecule has 0 aromatic heterocycles. The van der Waals surface area contributed by atoms with E-state index in [0.29, 0.717) is 13.2 Å². The van der Waals surface area contributed by atoms with E-state index in [2.05, 4.69) is 12.2 Å². The van der Waals surface area contributed by atoms with Crippen molar-refractivity contribution in [2.24, 2.45) is 0 Å². The van der Waals surface area contributed by atoms with Crippen LogP contribution in [0.3, 0.4) is 0 Å². The lowest BCUT2D eigenvalue weighted by Crippen LogP contribution is -2.29. The Balaban J connectivity index is 3.08. The Morgan fingerprint density at radius 2 is 2.00 bits per heavy atom. The highest BCUT2D eigenvalue weighted by Crippen LogP contribution is 1.89. The predicted octanol–water partition coefficient (Wildman–Crippen LogP) is 1.05. The van der Waals surface area contributed by atoms with Crippen LogP contribution in [0.4, 0.5) is 0 Å². The Kier molecular flexibility index (Phi) is 11.8. The molecular formula is C11H25NO3. The summed E-state index contributed by atoms with van der Waals surface area (Å²) in [5, 5.41) is 3.32. The van der Waals surface area contributed by atoms with Gasteiger partial charge in [0.2, 0.25) is 0 Å². The number of nitrogens with one attached hydrogen (secondary N) is 1. The van der Waals surface area contributed by atoms with Crippen molar-refractivity contribution < 1.29 is 14.2 Å². The van der Waals surface area contributed by atoms with Crippen LogP contribution in [0.5, 0.6) is 0 Å². The van der Waals surface area contributed by atoms with Gasteiger partial charge in [-0.05, 0) is 26.8 Å². The largest absolute Gasteiger partial charge is 0.385 e. The summed E-state index contributed by atoms with van der Waals surface area (Å²) in [6.45, 7) is 8.84. The van der Waals surface area contributed by atoms with Gasteiger partial charge in [-0.25, -0.2) is 0 Å². The lowest BCUT2D eigenvalue weighted by atomic mass is 10.3. The molecule has 1 unspecified atom stereocenters. The topological polar surface area (TPSA) is 39.7 Å². The maximum atomic E-state index is 5.53. The fraction of sp³-hybridized carbons (Fsp3) is 1.00. The molecule has 0 amide bonds. The zero-order valence-corrected chi connectivity index (χ0v) is 10.3. The first-order valence-electron chi connectivity index (χ1n) is 5.70. The molecule has 0 aliphatic carbocycles. The normalized spacial score (nSPS) is 13.0. The van der Waals surface area contributed by atoms with E-state index in [-0.39, 0.29) is 6.10 Å². The van der Waals surface area contributed by atoms with Gasteiger partial charge in [-0.15, -0.1) is 0 Å². The minimum absolute atomic E-state index is 0.244. The van der Waals surface area contributed by atoms with Gasteiger partial charge in [0.25, 0.3) is 0 Å². The molecule has 0 bridgehead atoms. The molecule has 1 atom stereocenters. The Labute approximate surface area is 93.3 Å². The molecular weight excluding hydrogens is 194 g/mol. The van der Waals surface area contributed by atoms with Gasteiger partial charge < -0.3 is 19.5 Å². The van der Waals surface area contributed by atoms with Crippen LogP contribution in [-0.4, -0.2) is 52.7 Å². The average Bonchev–Trinajstić information content (AvgIpc) is 2.24. The summed E-state index contributed by atoms with van der Waals surface area (Å²) in [5.41, 5.74) is 0. The standard InChI is InChI=1S/C11H25NO3/c1-4-14-8-9-15-11(2)10-12-6-5-7-13-3/h11-12H,4-10H2,1-3H3. The van der Waals surface area contributed by atoms with Crippen molar-refractivity contribution in [3.05, 3.63) is 0 Å². The summed E-state index contributed by atoms with van der Waals surface area (Å²) in [6.07, 6.45) is 1.29. The lowest BCUT2D eigenvalue weighted by molar-refractivity contribution is 0.0158. The zero-order chi connectivity index (χ0) is 11.4. The fourth-order valence-corrected chi connectivity index (χ4v) is 1.16. The molecule has 0 aliphatic heterocycles. The van der Waals surface area contributed by atoms with Gasteiger partial charge in [0.15, 0.2) is 0 Å². The minimum atomic E-state index is 0.244. The molecule has 0 saturated carbocycles. The van der Waals surface area contributed by atoms with Gasteiger partial charge in [0, 0.05) is 26.9 Å². The molecule has 0 fully saturated rings. The highest BCUT2D eigenvalue weighted by Gasteiger charge is 2.00. The molecule has 4 heteroatoms. The van der Waals surface area contributed by atoms with Crippen LogP contribution in [0.15, 0.2) is 0 Å². The van der Waals surface area contributed by atoms with Crippen LogP contribution >= 0.6 is 0 Å². The number of hydrogen-bond acceptors (Lipinski definition) is 4. The van der Waals surface area contributed by atoms with Crippen LogP contribution in [0, 0.1) is 0 Å². The molecule has 0 radical (unpaired) electrons. The van der Waals surface area contributed by atoms with E-state index < -0.39 is 0 Å². The first kappa shape index (κ1) is 14.8. The number of hydrogen-bond donors (Lipinski definition) is 1. The van der Waals surface area contributed by atoms with Crippen molar-refractivity contribution in [3.63, 3.8) is 0 Å². The van der Waals surface area contributed by atoms with Crippen molar-refractivity contribution in [2.45, 2.75) is 26.4 Å². The van der Waals surface area contributed by atoms with Crippen molar-refractivity contribution in [2.75, 3.05) is 46.6 Å². The van der Waals surface area contributed by atoms with E-state index >= 15 is 0 Å². The van der Waals surface area contributed by atoms with Crippen molar-refractivity contribution in [3.8, 4) is 0 Å². The number of ether oxygens (including phenoxy) is 3. The Morgan fingerprint density at radius 1 is 1.20 bits per heavy atom. The van der Waals surface area contributed by atoms with Gasteiger partial charge in [-0.2, -0.15) is 0 Å². The minimum Gasteiger partial charge on any atom is -0.385 e. The molecule has 15 heavy (non-hydrogen) atoms. The molecule has 0 aromatic carbocycles. The summed E-state index contributed by atoms with van der Waals surface area (Å²) in [6, 6.07) is 0. The molecule has 0 spiro atoms. The van der Waals surface area contributed by atoms with Crippen LogP contribution in [0.1, 0.15) is 20.3 Å². The molecule has 0 heterocycles. The van der Waals surface area contributed by atoms with Gasteiger partial charge in [0.1, 0.15) is 0 Å². The second kappa shape index (κ2) is 11.9. The maximum Gasteiger partial charge on any atom is 0.0704 e. The van der Waals surface area contributed by atoms with Crippen molar-refractivity contribution in [1.82, 2.24) is 5.32 Å². The SMILES string of the molecule is CCOCCOC(C)CNCCCOC. The molecule has 0 saturated heterocycles. The molecule has 92 valence electrons. The zero-order valence-electron chi connectivity index (χ0n) is 10.3. The maximum absolute atomic E-state index is 5.53. The number of methoxy groups -OCH3 is 1. The van der Waals surface area contributed by atoms with Crippen LogP contribution in [0.25, 0.3) is 0 Å².